The molecule has 112 valence electrons. The number of hydrazone groups is 1. The monoisotopic (exact) mass is 312 g/mol. The summed E-state index contributed by atoms with van der Waals surface area (Å²) in [6.45, 7) is 6.03. The Kier molecular flexibility index (Phi) is 3.70. The SMILES string of the molecule is Cc1ccccc1C=C1C(=N)N2N=C(C(C)C)SC2=NC1=O. The quantitative estimate of drug-likeness (QED) is 0.852. The zero-order valence-corrected chi connectivity index (χ0v) is 13.4. The summed E-state index contributed by atoms with van der Waals surface area (Å²) in [5, 5.41) is 15.5. The predicted octanol–water partition coefficient (Wildman–Crippen LogP) is 3.27. The lowest BCUT2D eigenvalue weighted by Gasteiger charge is -2.20. The standard InChI is InChI=1S/C16H16N4OS/c1-9(2)15-19-20-13(17)12(14(21)18-16(20)22-15)8-11-7-5-4-6-10(11)3/h4-9,17H,1-3H3. The minimum absolute atomic E-state index is 0.0846. The summed E-state index contributed by atoms with van der Waals surface area (Å²) >= 11 is 1.36. The highest BCUT2D eigenvalue weighted by Crippen LogP contribution is 2.30. The molecular weight excluding hydrogens is 296 g/mol. The predicted molar refractivity (Wildman–Crippen MR) is 91.0 cm³/mol. The maximum atomic E-state index is 12.3. The summed E-state index contributed by atoms with van der Waals surface area (Å²) in [4.78, 5) is 16.3. The number of hydrogen-bond acceptors (Lipinski definition) is 4. The molecule has 0 fully saturated rings. The van der Waals surface area contributed by atoms with Crippen LogP contribution in [0, 0.1) is 18.3 Å². The first-order valence-corrected chi connectivity index (χ1v) is 7.84. The Balaban J connectivity index is 2.01. The second-order valence-corrected chi connectivity index (χ2v) is 6.46. The van der Waals surface area contributed by atoms with Gasteiger partial charge in [-0.2, -0.15) is 15.1 Å². The van der Waals surface area contributed by atoms with Crippen molar-refractivity contribution in [2.75, 3.05) is 0 Å². The molecule has 0 unspecified atom stereocenters. The van der Waals surface area contributed by atoms with Gasteiger partial charge in [-0.3, -0.25) is 10.2 Å². The molecule has 0 saturated carbocycles. The molecule has 3 rings (SSSR count). The molecule has 5 nitrogen and oxygen atoms in total. The van der Waals surface area contributed by atoms with Gasteiger partial charge in [0.1, 0.15) is 5.04 Å². The summed E-state index contributed by atoms with van der Waals surface area (Å²) in [6, 6.07) is 7.74. The Morgan fingerprint density at radius 1 is 1.32 bits per heavy atom. The van der Waals surface area contributed by atoms with Gasteiger partial charge in [0.05, 0.1) is 5.57 Å². The van der Waals surface area contributed by atoms with Crippen molar-refractivity contribution in [2.45, 2.75) is 20.8 Å². The Labute approximate surface area is 133 Å². The van der Waals surface area contributed by atoms with Gasteiger partial charge in [-0.25, -0.2) is 0 Å². The van der Waals surface area contributed by atoms with Crippen LogP contribution in [0.5, 0.6) is 0 Å². The maximum absolute atomic E-state index is 12.3. The van der Waals surface area contributed by atoms with E-state index in [1.54, 1.807) is 6.08 Å². The van der Waals surface area contributed by atoms with Gasteiger partial charge in [0.15, 0.2) is 5.84 Å². The number of hydrogen-bond donors (Lipinski definition) is 1. The molecule has 1 aromatic carbocycles. The fraction of sp³-hybridized carbons (Fsp3) is 0.250. The molecule has 0 spiro atoms. The molecule has 0 aromatic heterocycles. The molecule has 1 amide bonds. The Bertz CT molecular complexity index is 761. The maximum Gasteiger partial charge on any atom is 0.283 e. The number of aliphatic imine (C=N–C) groups is 1. The molecule has 6 heteroatoms. The largest absolute Gasteiger partial charge is 0.283 e. The normalized spacial score (nSPS) is 19.6. The van der Waals surface area contributed by atoms with E-state index in [2.05, 4.69) is 10.1 Å². The Morgan fingerprint density at radius 3 is 2.73 bits per heavy atom. The third-order valence-electron chi connectivity index (χ3n) is 3.45. The highest BCUT2D eigenvalue weighted by atomic mass is 32.2. The molecule has 2 aliphatic rings. The third kappa shape index (κ3) is 2.50. The van der Waals surface area contributed by atoms with Gasteiger partial charge in [0.25, 0.3) is 5.91 Å². The Hall–Kier alpha value is -2.21. The van der Waals surface area contributed by atoms with E-state index in [-0.39, 0.29) is 23.2 Å². The summed E-state index contributed by atoms with van der Waals surface area (Å²) in [7, 11) is 0. The summed E-state index contributed by atoms with van der Waals surface area (Å²) < 4.78 is 0. The molecule has 22 heavy (non-hydrogen) atoms. The van der Waals surface area contributed by atoms with Crippen molar-refractivity contribution in [2.24, 2.45) is 16.0 Å². The van der Waals surface area contributed by atoms with Crippen LogP contribution in [-0.2, 0) is 4.79 Å². The fourth-order valence-electron chi connectivity index (χ4n) is 2.14. The lowest BCUT2D eigenvalue weighted by atomic mass is 10.0. The van der Waals surface area contributed by atoms with E-state index in [1.165, 1.54) is 16.8 Å². The van der Waals surface area contributed by atoms with E-state index in [4.69, 9.17) is 5.41 Å². The molecule has 2 heterocycles. The lowest BCUT2D eigenvalue weighted by Crippen LogP contribution is -2.35. The number of amides is 1. The van der Waals surface area contributed by atoms with Crippen LogP contribution in [0.25, 0.3) is 6.08 Å². The van der Waals surface area contributed by atoms with Crippen molar-refractivity contribution in [3.05, 3.63) is 41.0 Å². The fourth-order valence-corrected chi connectivity index (χ4v) is 3.04. The molecule has 0 aliphatic carbocycles. The first-order chi connectivity index (χ1) is 10.5. The number of nitrogens with one attached hydrogen (secondary N) is 1. The van der Waals surface area contributed by atoms with E-state index < -0.39 is 0 Å². The summed E-state index contributed by atoms with van der Waals surface area (Å²) in [6.07, 6.45) is 1.72. The number of thioether (sulfide) groups is 1. The third-order valence-corrected chi connectivity index (χ3v) is 4.66. The average molecular weight is 312 g/mol. The van der Waals surface area contributed by atoms with Gasteiger partial charge in [-0.15, -0.1) is 0 Å². The molecule has 0 atom stereocenters. The van der Waals surface area contributed by atoms with Crippen molar-refractivity contribution >= 4 is 39.8 Å². The molecule has 2 aliphatic heterocycles. The van der Waals surface area contributed by atoms with E-state index in [9.17, 15) is 4.79 Å². The van der Waals surface area contributed by atoms with Crippen molar-refractivity contribution in [3.63, 3.8) is 0 Å². The number of carbonyl (C=O) groups is 1. The first kappa shape index (κ1) is 14.7. The van der Waals surface area contributed by atoms with Gasteiger partial charge in [0.2, 0.25) is 5.17 Å². The number of nitrogens with zero attached hydrogens (tertiary/aromatic N) is 3. The van der Waals surface area contributed by atoms with Gasteiger partial charge in [-0.1, -0.05) is 38.1 Å². The Morgan fingerprint density at radius 2 is 2.05 bits per heavy atom. The van der Waals surface area contributed by atoms with Crippen LogP contribution in [0.2, 0.25) is 0 Å². The van der Waals surface area contributed by atoms with Crippen LogP contribution in [0.4, 0.5) is 0 Å². The zero-order chi connectivity index (χ0) is 15.9. The van der Waals surface area contributed by atoms with E-state index in [0.717, 1.165) is 16.2 Å². The van der Waals surface area contributed by atoms with Crippen LogP contribution >= 0.6 is 11.8 Å². The molecule has 0 bridgehead atoms. The van der Waals surface area contributed by atoms with Crippen molar-refractivity contribution in [1.29, 1.82) is 5.41 Å². The second-order valence-electron chi connectivity index (χ2n) is 5.47. The average Bonchev–Trinajstić information content (AvgIpc) is 2.89. The molecule has 0 saturated heterocycles. The first-order valence-electron chi connectivity index (χ1n) is 7.03. The van der Waals surface area contributed by atoms with Crippen molar-refractivity contribution in [1.82, 2.24) is 5.01 Å². The van der Waals surface area contributed by atoms with Crippen LogP contribution in [0.1, 0.15) is 25.0 Å². The number of benzene rings is 1. The molecule has 1 N–H and O–H groups in total. The second kappa shape index (κ2) is 5.53. The number of carbonyl (C=O) groups excluding carboxylic acids is 1. The zero-order valence-electron chi connectivity index (χ0n) is 12.6. The van der Waals surface area contributed by atoms with Crippen LogP contribution < -0.4 is 0 Å². The number of fused-ring (bicyclic) bond motifs is 1. The van der Waals surface area contributed by atoms with Gasteiger partial charge < -0.3 is 0 Å². The molecule has 0 radical (unpaired) electrons. The van der Waals surface area contributed by atoms with Gasteiger partial charge >= 0.3 is 0 Å². The van der Waals surface area contributed by atoms with Gasteiger partial charge in [0, 0.05) is 5.92 Å². The topological polar surface area (TPSA) is 68.9 Å². The van der Waals surface area contributed by atoms with Crippen LogP contribution in [-0.4, -0.2) is 27.0 Å². The van der Waals surface area contributed by atoms with Crippen molar-refractivity contribution < 1.29 is 4.79 Å². The number of rotatable bonds is 2. The lowest BCUT2D eigenvalue weighted by molar-refractivity contribution is -0.114. The van der Waals surface area contributed by atoms with E-state index >= 15 is 0 Å². The molecule has 1 aromatic rings. The smallest absolute Gasteiger partial charge is 0.282 e. The number of amidine groups is 2. The minimum atomic E-state index is -0.382. The summed E-state index contributed by atoms with van der Waals surface area (Å²) in [5.41, 5.74) is 2.23. The minimum Gasteiger partial charge on any atom is -0.282 e. The highest BCUT2D eigenvalue weighted by Gasteiger charge is 2.36. The van der Waals surface area contributed by atoms with Crippen LogP contribution in [0.3, 0.4) is 0 Å². The highest BCUT2D eigenvalue weighted by molar-refractivity contribution is 8.27. The summed E-state index contributed by atoms with van der Waals surface area (Å²) in [5.74, 6) is -0.0568. The number of aryl methyl sites for hydroxylation is 1. The molecular formula is C16H16N4OS. The van der Waals surface area contributed by atoms with Gasteiger partial charge in [-0.05, 0) is 35.9 Å². The van der Waals surface area contributed by atoms with Crippen LogP contribution in [0.15, 0.2) is 39.9 Å². The van der Waals surface area contributed by atoms with E-state index in [0.29, 0.717) is 5.17 Å². The van der Waals surface area contributed by atoms with E-state index in [1.807, 2.05) is 45.0 Å². The van der Waals surface area contributed by atoms with Crippen molar-refractivity contribution in [3.8, 4) is 0 Å².